The van der Waals surface area contributed by atoms with E-state index in [1.165, 1.54) is 18.2 Å². The zero-order valence-corrected chi connectivity index (χ0v) is 10.5. The molecular weight excluding hydrogens is 262 g/mol. The third-order valence-corrected chi connectivity index (χ3v) is 2.70. The van der Waals surface area contributed by atoms with Gasteiger partial charge in [0.15, 0.2) is 0 Å². The Morgan fingerprint density at radius 1 is 1.35 bits per heavy atom. The van der Waals surface area contributed by atoms with Gasteiger partial charge in [0, 0.05) is 0 Å². The van der Waals surface area contributed by atoms with Crippen LogP contribution in [0.5, 0.6) is 5.75 Å². The molecule has 0 atom stereocenters. The van der Waals surface area contributed by atoms with Crippen molar-refractivity contribution in [2.24, 2.45) is 10.7 Å². The lowest BCUT2D eigenvalue weighted by Crippen LogP contribution is -2.39. The van der Waals surface area contributed by atoms with Crippen molar-refractivity contribution in [3.05, 3.63) is 35.5 Å². The molecule has 0 aliphatic carbocycles. The van der Waals surface area contributed by atoms with Gasteiger partial charge >= 0.3 is 5.97 Å². The van der Waals surface area contributed by atoms with Crippen molar-refractivity contribution in [2.75, 3.05) is 13.1 Å². The number of phenolic OH excluding ortho intramolecular Hbond substituents is 1. The van der Waals surface area contributed by atoms with Gasteiger partial charge in [-0.1, -0.05) is 12.1 Å². The van der Waals surface area contributed by atoms with Gasteiger partial charge in [0.2, 0.25) is 0 Å². The number of aliphatic carboxylic acids is 1. The molecule has 7 nitrogen and oxygen atoms in total. The Morgan fingerprint density at radius 3 is 2.55 bits per heavy atom. The molecule has 0 saturated heterocycles. The van der Waals surface area contributed by atoms with E-state index in [1.54, 1.807) is 12.1 Å². The highest BCUT2D eigenvalue weighted by Gasteiger charge is 2.30. The summed E-state index contributed by atoms with van der Waals surface area (Å²) in [7, 11) is 0. The summed E-state index contributed by atoms with van der Waals surface area (Å²) in [5.41, 5.74) is 6.25. The zero-order valence-electron chi connectivity index (χ0n) is 10.5. The van der Waals surface area contributed by atoms with Gasteiger partial charge in [0.1, 0.15) is 23.8 Å². The SMILES string of the molecule is NCC1=NC(=Cc2ccc(O)cc2)C(=O)N1CC(=O)O. The summed E-state index contributed by atoms with van der Waals surface area (Å²) in [4.78, 5) is 27.9. The first-order chi connectivity index (χ1) is 9.51. The van der Waals surface area contributed by atoms with Crippen molar-refractivity contribution in [1.82, 2.24) is 4.90 Å². The van der Waals surface area contributed by atoms with Gasteiger partial charge in [-0.05, 0) is 23.8 Å². The van der Waals surface area contributed by atoms with E-state index in [9.17, 15) is 14.7 Å². The molecular formula is C13H13N3O4. The quantitative estimate of drug-likeness (QED) is 0.670. The standard InChI is InChI=1S/C13H13N3O4/c14-6-11-15-10(13(20)16(11)7-12(18)19)5-8-1-3-9(17)4-2-8/h1-5,17H,6-7,14H2,(H,18,19). The molecule has 1 aromatic rings. The van der Waals surface area contributed by atoms with Crippen molar-refractivity contribution in [3.8, 4) is 5.75 Å². The maximum absolute atomic E-state index is 12.1. The fraction of sp³-hybridized carbons (Fsp3) is 0.154. The number of amidine groups is 1. The highest BCUT2D eigenvalue weighted by Crippen LogP contribution is 2.19. The summed E-state index contributed by atoms with van der Waals surface area (Å²) < 4.78 is 0. The summed E-state index contributed by atoms with van der Waals surface area (Å²) in [6.45, 7) is -0.492. The largest absolute Gasteiger partial charge is 0.508 e. The average Bonchev–Trinajstić information content (AvgIpc) is 2.69. The molecule has 7 heteroatoms. The predicted molar refractivity (Wildman–Crippen MR) is 71.9 cm³/mol. The van der Waals surface area contributed by atoms with E-state index in [0.717, 1.165) is 4.90 Å². The van der Waals surface area contributed by atoms with Gasteiger partial charge in [-0.2, -0.15) is 0 Å². The van der Waals surface area contributed by atoms with Crippen LogP contribution in [-0.4, -0.2) is 45.9 Å². The molecule has 0 spiro atoms. The topological polar surface area (TPSA) is 116 Å². The molecule has 4 N–H and O–H groups in total. The molecule has 1 aliphatic heterocycles. The number of carbonyl (C=O) groups excluding carboxylic acids is 1. The van der Waals surface area contributed by atoms with Crippen molar-refractivity contribution in [3.63, 3.8) is 0 Å². The molecule has 0 fully saturated rings. The number of carboxylic acid groups (broad SMARTS) is 1. The second kappa shape index (κ2) is 5.54. The Kier molecular flexibility index (Phi) is 3.81. The summed E-state index contributed by atoms with van der Waals surface area (Å²) in [5, 5.41) is 18.0. The molecule has 1 amide bonds. The van der Waals surface area contributed by atoms with Gasteiger partial charge in [0.05, 0.1) is 6.54 Å². The van der Waals surface area contributed by atoms with Crippen LogP contribution in [0.15, 0.2) is 35.0 Å². The Bertz CT molecular complexity index is 605. The van der Waals surface area contributed by atoms with Crippen molar-refractivity contribution in [2.45, 2.75) is 0 Å². The number of hydrogen-bond acceptors (Lipinski definition) is 5. The average molecular weight is 275 g/mol. The first-order valence-corrected chi connectivity index (χ1v) is 5.83. The van der Waals surface area contributed by atoms with Crippen LogP contribution in [0.25, 0.3) is 6.08 Å². The number of benzene rings is 1. The maximum atomic E-state index is 12.1. The summed E-state index contributed by atoms with van der Waals surface area (Å²) in [5.74, 6) is -1.29. The van der Waals surface area contributed by atoms with Crippen LogP contribution in [0, 0.1) is 0 Å². The molecule has 0 unspecified atom stereocenters. The van der Waals surface area contributed by atoms with Gasteiger partial charge in [-0.25, -0.2) is 4.99 Å². The lowest BCUT2D eigenvalue weighted by molar-refractivity contribution is -0.140. The second-order valence-electron chi connectivity index (χ2n) is 4.14. The Morgan fingerprint density at radius 2 is 2.00 bits per heavy atom. The van der Waals surface area contributed by atoms with Gasteiger partial charge in [0.25, 0.3) is 5.91 Å². The first kappa shape index (κ1) is 13.8. The number of aromatic hydroxyl groups is 1. The normalized spacial score (nSPS) is 16.6. The maximum Gasteiger partial charge on any atom is 0.323 e. The van der Waals surface area contributed by atoms with E-state index in [0.29, 0.717) is 5.56 Å². The van der Waals surface area contributed by atoms with Crippen LogP contribution in [0.1, 0.15) is 5.56 Å². The lowest BCUT2D eigenvalue weighted by Gasteiger charge is -2.13. The van der Waals surface area contributed by atoms with Gasteiger partial charge < -0.3 is 15.9 Å². The molecule has 1 heterocycles. The second-order valence-corrected chi connectivity index (χ2v) is 4.14. The van der Waals surface area contributed by atoms with Gasteiger partial charge in [-0.3, -0.25) is 14.5 Å². The van der Waals surface area contributed by atoms with E-state index in [-0.39, 0.29) is 23.8 Å². The van der Waals surface area contributed by atoms with Crippen LogP contribution < -0.4 is 5.73 Å². The molecule has 0 bridgehead atoms. The molecule has 20 heavy (non-hydrogen) atoms. The highest BCUT2D eigenvalue weighted by atomic mass is 16.4. The molecule has 0 aromatic heterocycles. The molecule has 0 saturated carbocycles. The number of nitrogens with two attached hydrogens (primary N) is 1. The Hall–Kier alpha value is -2.67. The zero-order chi connectivity index (χ0) is 14.7. The fourth-order valence-electron chi connectivity index (χ4n) is 1.78. The lowest BCUT2D eigenvalue weighted by atomic mass is 10.2. The number of nitrogens with zero attached hydrogens (tertiary/aromatic N) is 2. The summed E-state index contributed by atoms with van der Waals surface area (Å²) >= 11 is 0. The Labute approximate surface area is 114 Å². The molecule has 2 rings (SSSR count). The van der Waals surface area contributed by atoms with Crippen LogP contribution in [0.4, 0.5) is 0 Å². The first-order valence-electron chi connectivity index (χ1n) is 5.83. The predicted octanol–water partition coefficient (Wildman–Crippen LogP) is 0.0171. The third-order valence-electron chi connectivity index (χ3n) is 2.70. The van der Waals surface area contributed by atoms with E-state index in [1.807, 2.05) is 0 Å². The van der Waals surface area contributed by atoms with Crippen LogP contribution in [0.2, 0.25) is 0 Å². The number of carboxylic acids is 1. The minimum atomic E-state index is -1.13. The third kappa shape index (κ3) is 2.83. The van der Waals surface area contributed by atoms with Crippen LogP contribution >= 0.6 is 0 Å². The van der Waals surface area contributed by atoms with Crippen LogP contribution in [-0.2, 0) is 9.59 Å². The molecule has 104 valence electrons. The van der Waals surface area contributed by atoms with Crippen LogP contribution in [0.3, 0.4) is 0 Å². The highest BCUT2D eigenvalue weighted by molar-refractivity contribution is 6.15. The smallest absolute Gasteiger partial charge is 0.323 e. The molecule has 1 aromatic carbocycles. The van der Waals surface area contributed by atoms with E-state index in [4.69, 9.17) is 10.8 Å². The summed E-state index contributed by atoms with van der Waals surface area (Å²) in [6, 6.07) is 6.20. The molecule has 0 radical (unpaired) electrons. The van der Waals surface area contributed by atoms with E-state index < -0.39 is 18.4 Å². The number of rotatable bonds is 4. The number of aliphatic imine (C=N–C) groups is 1. The van der Waals surface area contributed by atoms with E-state index in [2.05, 4.69) is 4.99 Å². The summed E-state index contributed by atoms with van der Waals surface area (Å²) in [6.07, 6.45) is 1.51. The Balaban J connectivity index is 2.29. The number of hydrogen-bond donors (Lipinski definition) is 3. The number of amides is 1. The van der Waals surface area contributed by atoms with Crippen molar-refractivity contribution >= 4 is 23.8 Å². The molecule has 1 aliphatic rings. The monoisotopic (exact) mass is 275 g/mol. The minimum Gasteiger partial charge on any atom is -0.508 e. The minimum absolute atomic E-state index is 0.0219. The fourth-order valence-corrected chi connectivity index (χ4v) is 1.78. The van der Waals surface area contributed by atoms with E-state index >= 15 is 0 Å². The van der Waals surface area contributed by atoms with Gasteiger partial charge in [-0.15, -0.1) is 0 Å². The number of phenols is 1. The van der Waals surface area contributed by atoms with Crippen molar-refractivity contribution < 1.29 is 19.8 Å². The number of carbonyl (C=O) groups is 2. The van der Waals surface area contributed by atoms with Crippen molar-refractivity contribution in [1.29, 1.82) is 0 Å².